The maximum absolute atomic E-state index is 11.4. The van der Waals surface area contributed by atoms with Crippen molar-refractivity contribution >= 4 is 15.5 Å². The molecule has 0 saturated carbocycles. The lowest BCUT2D eigenvalue weighted by Crippen LogP contribution is -2.06. The van der Waals surface area contributed by atoms with Crippen molar-refractivity contribution < 1.29 is 8.42 Å². The molecule has 2 N–H and O–H groups in total. The van der Waals surface area contributed by atoms with Crippen molar-refractivity contribution in [3.8, 4) is 5.69 Å². The van der Waals surface area contributed by atoms with Crippen LogP contribution in [-0.2, 0) is 15.6 Å². The predicted octanol–water partition coefficient (Wildman–Crippen LogP) is 1.60. The van der Waals surface area contributed by atoms with Crippen LogP contribution in [-0.4, -0.2) is 19.2 Å². The Balaban J connectivity index is 2.52. The molecule has 2 aromatic rings. The van der Waals surface area contributed by atoms with Crippen molar-refractivity contribution in [1.82, 2.24) is 4.57 Å². The molecule has 5 heteroatoms. The quantitative estimate of drug-likeness (QED) is 0.841. The van der Waals surface area contributed by atoms with Gasteiger partial charge in [0, 0.05) is 30.0 Å². The molecule has 0 saturated heterocycles. The summed E-state index contributed by atoms with van der Waals surface area (Å²) >= 11 is 0. The highest BCUT2D eigenvalue weighted by Gasteiger charge is 2.10. The fourth-order valence-electron chi connectivity index (χ4n) is 1.75. The average molecular weight is 250 g/mol. The van der Waals surface area contributed by atoms with Crippen molar-refractivity contribution in [3.05, 3.63) is 48.3 Å². The molecule has 0 aliphatic rings. The van der Waals surface area contributed by atoms with Crippen LogP contribution in [0.2, 0.25) is 0 Å². The molecule has 0 aliphatic heterocycles. The summed E-state index contributed by atoms with van der Waals surface area (Å²) in [7, 11) is -3.08. The monoisotopic (exact) mass is 250 g/mol. The van der Waals surface area contributed by atoms with Crippen LogP contribution in [0, 0.1) is 0 Å². The van der Waals surface area contributed by atoms with Crippen LogP contribution in [0.4, 0.5) is 5.69 Å². The van der Waals surface area contributed by atoms with E-state index in [1.807, 2.05) is 35.2 Å². The van der Waals surface area contributed by atoms with Crippen LogP contribution < -0.4 is 5.73 Å². The van der Waals surface area contributed by atoms with E-state index in [1.54, 1.807) is 12.1 Å². The van der Waals surface area contributed by atoms with Gasteiger partial charge in [0.1, 0.15) is 0 Å². The Morgan fingerprint density at radius 2 is 1.88 bits per heavy atom. The van der Waals surface area contributed by atoms with Gasteiger partial charge in [-0.2, -0.15) is 0 Å². The number of sulfone groups is 1. The minimum atomic E-state index is -3.08. The molecule has 0 radical (unpaired) electrons. The topological polar surface area (TPSA) is 65.1 Å². The number of hydrogen-bond donors (Lipinski definition) is 1. The molecule has 4 nitrogen and oxygen atoms in total. The Bertz CT molecular complexity index is 616. The highest BCUT2D eigenvalue weighted by molar-refractivity contribution is 7.89. The third-order valence-corrected chi connectivity index (χ3v) is 3.24. The van der Waals surface area contributed by atoms with Gasteiger partial charge in [-0.1, -0.05) is 0 Å². The zero-order valence-corrected chi connectivity index (χ0v) is 10.3. The summed E-state index contributed by atoms with van der Waals surface area (Å²) in [5, 5.41) is 0. The highest BCUT2D eigenvalue weighted by Crippen LogP contribution is 2.20. The molecule has 90 valence electrons. The van der Waals surface area contributed by atoms with E-state index < -0.39 is 9.84 Å². The molecule has 0 spiro atoms. The maximum atomic E-state index is 11.4. The number of benzene rings is 1. The number of nitrogens with zero attached hydrogens (tertiary/aromatic N) is 1. The smallest absolute Gasteiger partial charge is 0.151 e. The third kappa shape index (κ3) is 2.88. The van der Waals surface area contributed by atoms with E-state index in [4.69, 9.17) is 5.73 Å². The molecule has 0 fully saturated rings. The Kier molecular flexibility index (Phi) is 2.93. The van der Waals surface area contributed by atoms with Gasteiger partial charge in [-0.3, -0.25) is 0 Å². The minimum absolute atomic E-state index is 0.00838. The number of aromatic nitrogens is 1. The fourth-order valence-corrected chi connectivity index (χ4v) is 2.55. The number of nitrogen functional groups attached to an aromatic ring is 1. The lowest BCUT2D eigenvalue weighted by Gasteiger charge is -2.10. The van der Waals surface area contributed by atoms with Gasteiger partial charge in [-0.25, -0.2) is 8.42 Å². The van der Waals surface area contributed by atoms with Gasteiger partial charge in [-0.05, 0) is 35.9 Å². The lowest BCUT2D eigenvalue weighted by atomic mass is 10.2. The van der Waals surface area contributed by atoms with Crippen LogP contribution in [0.3, 0.4) is 0 Å². The van der Waals surface area contributed by atoms with Gasteiger partial charge >= 0.3 is 0 Å². The number of rotatable bonds is 3. The molecule has 0 unspecified atom stereocenters. The molecule has 1 aromatic heterocycles. The first kappa shape index (κ1) is 11.7. The zero-order valence-electron chi connectivity index (χ0n) is 9.50. The maximum Gasteiger partial charge on any atom is 0.151 e. The van der Waals surface area contributed by atoms with Crippen molar-refractivity contribution in [2.75, 3.05) is 12.0 Å². The van der Waals surface area contributed by atoms with E-state index >= 15 is 0 Å². The SMILES string of the molecule is CS(=O)(=O)Cc1cc(N)ccc1-n1cccc1. The third-order valence-electron chi connectivity index (χ3n) is 2.40. The Morgan fingerprint density at radius 1 is 1.24 bits per heavy atom. The first-order chi connectivity index (χ1) is 7.96. The van der Waals surface area contributed by atoms with Crippen molar-refractivity contribution in [2.24, 2.45) is 0 Å². The summed E-state index contributed by atoms with van der Waals surface area (Å²) in [6.45, 7) is 0. The molecule has 2 rings (SSSR count). The largest absolute Gasteiger partial charge is 0.399 e. The van der Waals surface area contributed by atoms with Gasteiger partial charge < -0.3 is 10.3 Å². The van der Waals surface area contributed by atoms with Crippen molar-refractivity contribution in [3.63, 3.8) is 0 Å². The fraction of sp³-hybridized carbons (Fsp3) is 0.167. The molecule has 1 aromatic carbocycles. The van der Waals surface area contributed by atoms with E-state index in [9.17, 15) is 8.42 Å². The molecule has 0 aliphatic carbocycles. The second-order valence-corrected chi connectivity index (χ2v) is 6.19. The molecular weight excluding hydrogens is 236 g/mol. The molecule has 0 atom stereocenters. The first-order valence-electron chi connectivity index (χ1n) is 5.15. The minimum Gasteiger partial charge on any atom is -0.399 e. The molecule has 0 amide bonds. The second-order valence-electron chi connectivity index (χ2n) is 4.05. The number of hydrogen-bond acceptors (Lipinski definition) is 3. The van der Waals surface area contributed by atoms with E-state index in [2.05, 4.69) is 0 Å². The summed E-state index contributed by atoms with van der Waals surface area (Å²) in [6.07, 6.45) is 4.96. The molecule has 0 bridgehead atoms. The van der Waals surface area contributed by atoms with Crippen LogP contribution in [0.25, 0.3) is 5.69 Å². The van der Waals surface area contributed by atoms with E-state index in [0.29, 0.717) is 11.3 Å². The van der Waals surface area contributed by atoms with Gasteiger partial charge in [0.2, 0.25) is 0 Å². The van der Waals surface area contributed by atoms with Gasteiger partial charge in [0.25, 0.3) is 0 Å². The second kappa shape index (κ2) is 4.25. The average Bonchev–Trinajstić information content (AvgIpc) is 2.68. The van der Waals surface area contributed by atoms with Crippen molar-refractivity contribution in [2.45, 2.75) is 5.75 Å². The summed E-state index contributed by atoms with van der Waals surface area (Å²) in [4.78, 5) is 0. The zero-order chi connectivity index (χ0) is 12.5. The van der Waals surface area contributed by atoms with Crippen LogP contribution in [0.5, 0.6) is 0 Å². The van der Waals surface area contributed by atoms with E-state index in [-0.39, 0.29) is 5.75 Å². The van der Waals surface area contributed by atoms with Crippen LogP contribution in [0.15, 0.2) is 42.7 Å². The molecular formula is C12H14N2O2S. The van der Waals surface area contributed by atoms with Gasteiger partial charge in [-0.15, -0.1) is 0 Å². The molecule has 17 heavy (non-hydrogen) atoms. The summed E-state index contributed by atoms with van der Waals surface area (Å²) in [5.41, 5.74) is 7.82. The summed E-state index contributed by atoms with van der Waals surface area (Å²) in [5.74, 6) is -0.00838. The summed E-state index contributed by atoms with van der Waals surface area (Å²) < 4.78 is 24.6. The normalized spacial score (nSPS) is 11.6. The predicted molar refractivity (Wildman–Crippen MR) is 68.7 cm³/mol. The Hall–Kier alpha value is -1.75. The summed E-state index contributed by atoms with van der Waals surface area (Å²) in [6, 6.07) is 9.08. The highest BCUT2D eigenvalue weighted by atomic mass is 32.2. The van der Waals surface area contributed by atoms with Gasteiger partial charge in [0.05, 0.1) is 5.75 Å². The van der Waals surface area contributed by atoms with Crippen LogP contribution in [0.1, 0.15) is 5.56 Å². The lowest BCUT2D eigenvalue weighted by molar-refractivity contribution is 0.601. The van der Waals surface area contributed by atoms with Crippen LogP contribution >= 0.6 is 0 Å². The van der Waals surface area contributed by atoms with E-state index in [0.717, 1.165) is 5.69 Å². The Morgan fingerprint density at radius 3 is 2.47 bits per heavy atom. The number of anilines is 1. The molecule has 1 heterocycles. The number of nitrogens with two attached hydrogens (primary N) is 1. The van der Waals surface area contributed by atoms with E-state index in [1.165, 1.54) is 6.26 Å². The van der Waals surface area contributed by atoms with Crippen molar-refractivity contribution in [1.29, 1.82) is 0 Å². The Labute approximate surface area is 101 Å². The first-order valence-corrected chi connectivity index (χ1v) is 7.21. The standard InChI is InChI=1S/C12H14N2O2S/c1-17(15,16)9-10-8-11(13)4-5-12(10)14-6-2-3-7-14/h2-8H,9,13H2,1H3. The van der Waals surface area contributed by atoms with Gasteiger partial charge in [0.15, 0.2) is 9.84 Å².